The predicted octanol–water partition coefficient (Wildman–Crippen LogP) is 0.962. The van der Waals surface area contributed by atoms with E-state index in [1.165, 1.54) is 0 Å². The van der Waals surface area contributed by atoms with Crippen molar-refractivity contribution in [1.82, 2.24) is 10.2 Å². The summed E-state index contributed by atoms with van der Waals surface area (Å²) in [6.07, 6.45) is 2.60. The third-order valence-electron chi connectivity index (χ3n) is 2.78. The van der Waals surface area contributed by atoms with Crippen molar-refractivity contribution in [2.24, 2.45) is 5.73 Å². The number of carbonyl (C=O) groups excluding carboxylic acids is 1. The Labute approximate surface area is 99.6 Å². The van der Waals surface area contributed by atoms with E-state index in [4.69, 9.17) is 5.73 Å². The molecule has 0 bridgehead atoms. The molecule has 0 radical (unpaired) electrons. The molecule has 0 aliphatic carbocycles. The number of nitrogens with zero attached hydrogens (tertiary/aromatic N) is 1. The molecule has 0 heterocycles. The molecule has 3 N–H and O–H groups in total. The van der Waals surface area contributed by atoms with Crippen LogP contribution in [0.5, 0.6) is 0 Å². The van der Waals surface area contributed by atoms with Crippen LogP contribution in [-0.4, -0.2) is 43.0 Å². The number of hydrogen-bond donors (Lipinski definition) is 2. The van der Waals surface area contributed by atoms with Crippen molar-refractivity contribution in [2.75, 3.05) is 26.2 Å². The smallest absolute Gasteiger partial charge is 0.221 e. The molecule has 0 spiro atoms. The van der Waals surface area contributed by atoms with Gasteiger partial charge in [0.25, 0.3) is 0 Å². The van der Waals surface area contributed by atoms with E-state index in [-0.39, 0.29) is 11.9 Å². The molecular formula is C12H27N3O. The van der Waals surface area contributed by atoms with E-state index in [1.807, 2.05) is 0 Å². The van der Waals surface area contributed by atoms with Crippen molar-refractivity contribution in [3.63, 3.8) is 0 Å². The maximum Gasteiger partial charge on any atom is 0.221 e. The lowest BCUT2D eigenvalue weighted by Crippen LogP contribution is -2.34. The summed E-state index contributed by atoms with van der Waals surface area (Å²) in [6.45, 7) is 10.2. The number of hydrogen-bond acceptors (Lipinski definition) is 3. The Morgan fingerprint density at radius 1 is 1.38 bits per heavy atom. The predicted molar refractivity (Wildman–Crippen MR) is 68.3 cm³/mol. The number of nitrogens with one attached hydrogen (secondary N) is 1. The van der Waals surface area contributed by atoms with E-state index in [1.54, 1.807) is 0 Å². The van der Waals surface area contributed by atoms with Gasteiger partial charge in [0.15, 0.2) is 0 Å². The number of carbonyl (C=O) groups is 1. The molecular weight excluding hydrogens is 202 g/mol. The molecule has 1 atom stereocenters. The van der Waals surface area contributed by atoms with Gasteiger partial charge in [-0.15, -0.1) is 0 Å². The highest BCUT2D eigenvalue weighted by Crippen LogP contribution is 1.99. The van der Waals surface area contributed by atoms with E-state index in [0.29, 0.717) is 13.0 Å². The van der Waals surface area contributed by atoms with Crippen molar-refractivity contribution in [3.8, 4) is 0 Å². The van der Waals surface area contributed by atoms with Gasteiger partial charge in [0, 0.05) is 19.0 Å². The fraction of sp³-hybridized carbons (Fsp3) is 0.917. The second-order valence-electron chi connectivity index (χ2n) is 4.18. The van der Waals surface area contributed by atoms with Crippen molar-refractivity contribution in [3.05, 3.63) is 0 Å². The molecule has 4 nitrogen and oxygen atoms in total. The lowest BCUT2D eigenvalue weighted by atomic mass is 10.1. The summed E-state index contributed by atoms with van der Waals surface area (Å²) >= 11 is 0. The Morgan fingerprint density at radius 2 is 2.00 bits per heavy atom. The molecule has 4 heteroatoms. The van der Waals surface area contributed by atoms with Gasteiger partial charge in [0.05, 0.1) is 0 Å². The van der Waals surface area contributed by atoms with Crippen LogP contribution in [0.2, 0.25) is 0 Å². The van der Waals surface area contributed by atoms with Gasteiger partial charge >= 0.3 is 0 Å². The molecule has 0 saturated heterocycles. The van der Waals surface area contributed by atoms with Gasteiger partial charge in [0.1, 0.15) is 0 Å². The minimum Gasteiger partial charge on any atom is -0.354 e. The van der Waals surface area contributed by atoms with Gasteiger partial charge in [-0.3, -0.25) is 4.79 Å². The van der Waals surface area contributed by atoms with Crippen LogP contribution in [0.3, 0.4) is 0 Å². The van der Waals surface area contributed by atoms with Crippen LogP contribution in [0.4, 0.5) is 0 Å². The van der Waals surface area contributed by atoms with Crippen LogP contribution < -0.4 is 11.1 Å². The van der Waals surface area contributed by atoms with Gasteiger partial charge in [-0.2, -0.15) is 0 Å². The Kier molecular flexibility index (Phi) is 9.24. The Hall–Kier alpha value is -0.610. The molecule has 0 fully saturated rings. The Balaban J connectivity index is 3.56. The highest BCUT2D eigenvalue weighted by molar-refractivity contribution is 5.76. The molecule has 0 saturated carbocycles. The van der Waals surface area contributed by atoms with Crippen molar-refractivity contribution in [1.29, 1.82) is 0 Å². The topological polar surface area (TPSA) is 58.4 Å². The summed E-state index contributed by atoms with van der Waals surface area (Å²) in [5.74, 6) is 0.0674. The zero-order valence-corrected chi connectivity index (χ0v) is 11.0. The summed E-state index contributed by atoms with van der Waals surface area (Å²) in [4.78, 5) is 13.7. The quantitative estimate of drug-likeness (QED) is 0.619. The standard InChI is InChI=1S/C12H27N3O/c1-4-15(5-2)10-6-7-11(3)14-12(16)8-9-13/h11H,4-10,13H2,1-3H3,(H,14,16). The second kappa shape index (κ2) is 9.60. The third-order valence-corrected chi connectivity index (χ3v) is 2.78. The zero-order chi connectivity index (χ0) is 12.4. The van der Waals surface area contributed by atoms with Gasteiger partial charge < -0.3 is 16.0 Å². The first kappa shape index (κ1) is 15.4. The average molecular weight is 229 g/mol. The average Bonchev–Trinajstić information content (AvgIpc) is 2.24. The maximum absolute atomic E-state index is 11.3. The molecule has 1 amide bonds. The lowest BCUT2D eigenvalue weighted by molar-refractivity contribution is -0.121. The maximum atomic E-state index is 11.3. The molecule has 96 valence electrons. The molecule has 0 aromatic carbocycles. The third kappa shape index (κ3) is 7.65. The summed E-state index contributed by atoms with van der Waals surface area (Å²) in [6, 6.07) is 0.259. The highest BCUT2D eigenvalue weighted by atomic mass is 16.1. The first-order valence-corrected chi connectivity index (χ1v) is 6.35. The van der Waals surface area contributed by atoms with Crippen LogP contribution >= 0.6 is 0 Å². The van der Waals surface area contributed by atoms with Crippen LogP contribution in [-0.2, 0) is 4.79 Å². The first-order valence-electron chi connectivity index (χ1n) is 6.35. The molecule has 0 aliphatic rings. The fourth-order valence-corrected chi connectivity index (χ4v) is 1.71. The van der Waals surface area contributed by atoms with Gasteiger partial charge in [0.2, 0.25) is 5.91 Å². The molecule has 16 heavy (non-hydrogen) atoms. The SMILES string of the molecule is CCN(CC)CCCC(C)NC(=O)CCN. The van der Waals surface area contributed by atoms with Gasteiger partial charge in [-0.1, -0.05) is 13.8 Å². The normalized spacial score (nSPS) is 12.8. The van der Waals surface area contributed by atoms with E-state index in [9.17, 15) is 4.79 Å². The van der Waals surface area contributed by atoms with Crippen LogP contribution in [0.15, 0.2) is 0 Å². The zero-order valence-electron chi connectivity index (χ0n) is 11.0. The van der Waals surface area contributed by atoms with E-state index in [0.717, 1.165) is 32.5 Å². The van der Waals surface area contributed by atoms with Gasteiger partial charge in [-0.05, 0) is 39.4 Å². The number of nitrogens with two attached hydrogens (primary N) is 1. The summed E-state index contributed by atoms with van der Waals surface area (Å²) < 4.78 is 0. The van der Waals surface area contributed by atoms with Crippen molar-refractivity contribution < 1.29 is 4.79 Å². The fourth-order valence-electron chi connectivity index (χ4n) is 1.71. The number of amides is 1. The van der Waals surface area contributed by atoms with E-state index >= 15 is 0 Å². The summed E-state index contributed by atoms with van der Waals surface area (Å²) in [5.41, 5.74) is 5.31. The lowest BCUT2D eigenvalue weighted by Gasteiger charge is -2.19. The minimum absolute atomic E-state index is 0.0674. The molecule has 0 aromatic rings. The highest BCUT2D eigenvalue weighted by Gasteiger charge is 2.06. The van der Waals surface area contributed by atoms with E-state index < -0.39 is 0 Å². The number of rotatable bonds is 9. The first-order chi connectivity index (χ1) is 7.63. The van der Waals surface area contributed by atoms with Crippen LogP contribution in [0, 0.1) is 0 Å². The van der Waals surface area contributed by atoms with Crippen molar-refractivity contribution in [2.45, 2.75) is 46.1 Å². The van der Waals surface area contributed by atoms with Crippen LogP contribution in [0.1, 0.15) is 40.0 Å². The monoisotopic (exact) mass is 229 g/mol. The largest absolute Gasteiger partial charge is 0.354 e. The Bertz CT molecular complexity index is 181. The Morgan fingerprint density at radius 3 is 2.50 bits per heavy atom. The van der Waals surface area contributed by atoms with Crippen molar-refractivity contribution >= 4 is 5.91 Å². The molecule has 0 aromatic heterocycles. The molecule has 0 aliphatic heterocycles. The summed E-state index contributed by atoms with van der Waals surface area (Å²) in [7, 11) is 0. The van der Waals surface area contributed by atoms with E-state index in [2.05, 4.69) is 31.0 Å². The van der Waals surface area contributed by atoms with Crippen LogP contribution in [0.25, 0.3) is 0 Å². The molecule has 0 rings (SSSR count). The second-order valence-corrected chi connectivity index (χ2v) is 4.18. The van der Waals surface area contributed by atoms with Gasteiger partial charge in [-0.25, -0.2) is 0 Å². The minimum atomic E-state index is 0.0674. The molecule has 1 unspecified atom stereocenters. The summed E-state index contributed by atoms with van der Waals surface area (Å²) in [5, 5.41) is 2.95.